The number of likely N-dealkylation sites (N-methyl/N-ethyl adjacent to an activating group) is 1. The normalized spacial score (nSPS) is 18.8. The number of ether oxygens (including phenoxy) is 1. The number of halogens is 1. The van der Waals surface area contributed by atoms with E-state index in [0.29, 0.717) is 5.89 Å². The first-order chi connectivity index (χ1) is 10.8. The Morgan fingerprint density at radius 2 is 2.09 bits per heavy atom. The zero-order valence-corrected chi connectivity index (χ0v) is 14.0. The van der Waals surface area contributed by atoms with Gasteiger partial charge in [-0.2, -0.15) is 4.98 Å². The highest BCUT2D eigenvalue weighted by Gasteiger charge is 2.24. The highest BCUT2D eigenvalue weighted by Crippen LogP contribution is 2.18. The van der Waals surface area contributed by atoms with E-state index in [0.717, 1.165) is 36.8 Å². The molecule has 3 rings (SSSR count). The number of hydrogen-bond acceptors (Lipinski definition) is 6. The Bertz CT molecular complexity index is 642. The summed E-state index contributed by atoms with van der Waals surface area (Å²) in [5.74, 6) is 2.08. The summed E-state index contributed by atoms with van der Waals surface area (Å²) in [6, 6.07) is 7.96. The van der Waals surface area contributed by atoms with Crippen LogP contribution in [0.5, 0.6) is 5.75 Å². The van der Waals surface area contributed by atoms with Gasteiger partial charge in [-0.15, -0.1) is 12.4 Å². The lowest BCUT2D eigenvalue weighted by molar-refractivity contribution is 0.190. The molecule has 1 aliphatic rings. The molecule has 1 atom stereocenters. The summed E-state index contributed by atoms with van der Waals surface area (Å²) in [7, 11) is 3.73. The largest absolute Gasteiger partial charge is 0.497 e. The van der Waals surface area contributed by atoms with Crippen molar-refractivity contribution in [1.29, 1.82) is 0 Å². The number of piperazine rings is 1. The van der Waals surface area contributed by atoms with Crippen molar-refractivity contribution in [1.82, 2.24) is 20.4 Å². The van der Waals surface area contributed by atoms with Crippen LogP contribution in [-0.4, -0.2) is 48.8 Å². The molecule has 1 N–H and O–H groups in total. The van der Waals surface area contributed by atoms with Crippen molar-refractivity contribution in [2.45, 2.75) is 6.04 Å². The molecule has 1 unspecified atom stereocenters. The van der Waals surface area contributed by atoms with E-state index < -0.39 is 0 Å². The lowest BCUT2D eigenvalue weighted by atomic mass is 10.2. The summed E-state index contributed by atoms with van der Waals surface area (Å²) in [6.07, 6.45) is 3.77. The van der Waals surface area contributed by atoms with Gasteiger partial charge in [-0.05, 0) is 30.8 Å². The fraction of sp³-hybridized carbons (Fsp3) is 0.375. The van der Waals surface area contributed by atoms with Gasteiger partial charge in [-0.3, -0.25) is 4.90 Å². The highest BCUT2D eigenvalue weighted by atomic mass is 35.5. The monoisotopic (exact) mass is 336 g/mol. The lowest BCUT2D eigenvalue weighted by Gasteiger charge is -2.30. The summed E-state index contributed by atoms with van der Waals surface area (Å²) in [5, 5.41) is 7.44. The van der Waals surface area contributed by atoms with Crippen LogP contribution in [0.3, 0.4) is 0 Å². The molecule has 6 nitrogen and oxygen atoms in total. The standard InChI is InChI=1S/C16H20N4O2.ClH/c1-20-10-9-17-11-14(20)16-18-15(22-19-16)8-5-12-3-6-13(21-2)7-4-12;/h3-8,14,17H,9-11H2,1-2H3;1H/b8-5+;. The summed E-state index contributed by atoms with van der Waals surface area (Å²) in [5.41, 5.74) is 1.05. The molecule has 2 heterocycles. The maximum absolute atomic E-state index is 5.31. The molecule has 0 spiro atoms. The average Bonchev–Trinajstić information content (AvgIpc) is 3.02. The molecule has 1 aromatic carbocycles. The predicted molar refractivity (Wildman–Crippen MR) is 91.7 cm³/mol. The Morgan fingerprint density at radius 3 is 2.78 bits per heavy atom. The Balaban J connectivity index is 0.00000192. The number of hydrogen-bond donors (Lipinski definition) is 1. The zero-order chi connectivity index (χ0) is 15.4. The molecule has 0 bridgehead atoms. The molecule has 0 radical (unpaired) electrons. The van der Waals surface area contributed by atoms with Crippen molar-refractivity contribution in [3.8, 4) is 5.75 Å². The van der Waals surface area contributed by atoms with Gasteiger partial charge < -0.3 is 14.6 Å². The van der Waals surface area contributed by atoms with Gasteiger partial charge in [0.1, 0.15) is 5.75 Å². The molecular weight excluding hydrogens is 316 g/mol. The third kappa shape index (κ3) is 4.31. The van der Waals surface area contributed by atoms with Crippen LogP contribution in [0.1, 0.15) is 23.3 Å². The molecule has 0 saturated carbocycles. The van der Waals surface area contributed by atoms with Gasteiger partial charge >= 0.3 is 0 Å². The van der Waals surface area contributed by atoms with Crippen LogP contribution in [0.25, 0.3) is 12.2 Å². The van der Waals surface area contributed by atoms with Crippen LogP contribution in [-0.2, 0) is 0 Å². The molecule has 1 aromatic heterocycles. The second kappa shape index (κ2) is 8.10. The van der Waals surface area contributed by atoms with E-state index >= 15 is 0 Å². The highest BCUT2D eigenvalue weighted by molar-refractivity contribution is 5.85. The molecule has 1 fully saturated rings. The van der Waals surface area contributed by atoms with Crippen LogP contribution in [0, 0.1) is 0 Å². The Labute approximate surface area is 141 Å². The number of nitrogens with one attached hydrogen (secondary N) is 1. The van der Waals surface area contributed by atoms with Crippen molar-refractivity contribution in [2.75, 3.05) is 33.8 Å². The van der Waals surface area contributed by atoms with Crippen LogP contribution in [0.15, 0.2) is 28.8 Å². The minimum atomic E-state index is 0. The van der Waals surface area contributed by atoms with E-state index in [-0.39, 0.29) is 18.4 Å². The minimum Gasteiger partial charge on any atom is -0.497 e. The van der Waals surface area contributed by atoms with Gasteiger partial charge in [0, 0.05) is 25.7 Å². The lowest BCUT2D eigenvalue weighted by Crippen LogP contribution is -2.44. The molecule has 23 heavy (non-hydrogen) atoms. The van der Waals surface area contributed by atoms with Crippen molar-refractivity contribution in [2.24, 2.45) is 0 Å². The fourth-order valence-electron chi connectivity index (χ4n) is 2.43. The molecule has 1 aliphatic heterocycles. The first-order valence-corrected chi connectivity index (χ1v) is 7.33. The Kier molecular flexibility index (Phi) is 6.15. The molecule has 1 saturated heterocycles. The SMILES string of the molecule is COc1ccc(/C=C/c2nc(C3CNCCN3C)no2)cc1.Cl. The molecular formula is C16H21ClN4O2. The first-order valence-electron chi connectivity index (χ1n) is 7.33. The summed E-state index contributed by atoms with van der Waals surface area (Å²) < 4.78 is 10.4. The van der Waals surface area contributed by atoms with Gasteiger partial charge in [-0.25, -0.2) is 0 Å². The molecule has 0 aliphatic carbocycles. The third-order valence-corrected chi connectivity index (χ3v) is 3.80. The first kappa shape index (κ1) is 17.5. The van der Waals surface area contributed by atoms with E-state index in [9.17, 15) is 0 Å². The van der Waals surface area contributed by atoms with Crippen LogP contribution < -0.4 is 10.1 Å². The summed E-state index contributed by atoms with van der Waals surface area (Å²) in [6.45, 7) is 2.82. The number of benzene rings is 1. The molecule has 2 aromatic rings. The number of methoxy groups -OCH3 is 1. The topological polar surface area (TPSA) is 63.4 Å². The second-order valence-electron chi connectivity index (χ2n) is 5.30. The quantitative estimate of drug-likeness (QED) is 0.924. The second-order valence-corrected chi connectivity index (χ2v) is 5.30. The number of rotatable bonds is 4. The van der Waals surface area contributed by atoms with Gasteiger partial charge in [0.2, 0.25) is 0 Å². The van der Waals surface area contributed by atoms with Crippen molar-refractivity contribution in [3.63, 3.8) is 0 Å². The smallest absolute Gasteiger partial charge is 0.250 e. The van der Waals surface area contributed by atoms with Gasteiger partial charge in [0.15, 0.2) is 5.82 Å². The zero-order valence-electron chi connectivity index (χ0n) is 13.2. The predicted octanol–water partition coefficient (Wildman–Crippen LogP) is 2.25. The Hall–Kier alpha value is -1.89. The van der Waals surface area contributed by atoms with Gasteiger partial charge in [0.25, 0.3) is 5.89 Å². The van der Waals surface area contributed by atoms with Crippen LogP contribution >= 0.6 is 12.4 Å². The molecule has 7 heteroatoms. The summed E-state index contributed by atoms with van der Waals surface area (Å²) in [4.78, 5) is 6.70. The Morgan fingerprint density at radius 1 is 1.30 bits per heavy atom. The third-order valence-electron chi connectivity index (χ3n) is 3.80. The maximum atomic E-state index is 5.31. The average molecular weight is 337 g/mol. The van der Waals surface area contributed by atoms with E-state index in [1.165, 1.54) is 0 Å². The molecule has 124 valence electrons. The van der Waals surface area contributed by atoms with E-state index in [2.05, 4.69) is 27.4 Å². The van der Waals surface area contributed by atoms with Gasteiger partial charge in [-0.1, -0.05) is 17.3 Å². The molecule has 0 amide bonds. The van der Waals surface area contributed by atoms with Crippen molar-refractivity contribution < 1.29 is 9.26 Å². The van der Waals surface area contributed by atoms with Crippen LogP contribution in [0.2, 0.25) is 0 Å². The fourth-order valence-corrected chi connectivity index (χ4v) is 2.43. The number of nitrogens with zero attached hydrogens (tertiary/aromatic N) is 3. The minimum absolute atomic E-state index is 0. The maximum Gasteiger partial charge on any atom is 0.250 e. The van der Waals surface area contributed by atoms with Gasteiger partial charge in [0.05, 0.1) is 13.2 Å². The van der Waals surface area contributed by atoms with Crippen LogP contribution in [0.4, 0.5) is 0 Å². The summed E-state index contributed by atoms with van der Waals surface area (Å²) >= 11 is 0. The van der Waals surface area contributed by atoms with Crippen molar-refractivity contribution in [3.05, 3.63) is 41.5 Å². The van der Waals surface area contributed by atoms with E-state index in [1.807, 2.05) is 36.4 Å². The van der Waals surface area contributed by atoms with E-state index in [1.54, 1.807) is 7.11 Å². The van der Waals surface area contributed by atoms with Crippen molar-refractivity contribution >= 4 is 24.6 Å². The number of aromatic nitrogens is 2. The van der Waals surface area contributed by atoms with E-state index in [4.69, 9.17) is 9.26 Å².